The Bertz CT molecular complexity index is 2200. The van der Waals surface area contributed by atoms with Gasteiger partial charge in [0.05, 0.1) is 0 Å². The summed E-state index contributed by atoms with van der Waals surface area (Å²) >= 11 is 0. The zero-order valence-electron chi connectivity index (χ0n) is 41.7. The summed E-state index contributed by atoms with van der Waals surface area (Å²) in [5, 5.41) is 25.9. The molecule has 0 spiro atoms. The Kier molecular flexibility index (Phi) is 25.2. The van der Waals surface area contributed by atoms with Crippen LogP contribution in [0.1, 0.15) is 99.5 Å². The van der Waals surface area contributed by atoms with Gasteiger partial charge in [0.15, 0.2) is 0 Å². The van der Waals surface area contributed by atoms with E-state index in [9.17, 15) is 52.7 Å². The molecule has 10 atom stereocenters. The van der Waals surface area contributed by atoms with Crippen molar-refractivity contribution in [2.45, 2.75) is 161 Å². The summed E-state index contributed by atoms with van der Waals surface area (Å²) in [6.07, 6.45) is 4.47. The molecule has 394 valence electrons. The predicted octanol–water partition coefficient (Wildman–Crippen LogP) is -3.54. The standard InChI is InChI=1S/C46H74N14O11/c1-23(38(63)52-25(3)40(65)54-27(5)42(67)56-29(7)44(69)59-34(37(49)62)17-11-13-19-47)51-39(64)24(2)53-41(66)26(4)55-43(68)28(6)57-45(70)35(18-12-14-20-48)60-46(71)36(58-30(8)61)21-31-22-50-33-16-10-9-15-32(31)33/h9-10,15-16,22-29,34-36,50H,11-14,17-21,47-48H2,1-8H3,(H2,49,62)(H,51,64)(H,52,63)(H,53,66)(H,54,65)(H,55,68)(H,56,67)(H,57,70)(H,58,61)(H,59,69)(H,60,71)/t23-,24-,25-,26-,27-,28-,29-,34-,35-,36-/m0/s1. The first kappa shape index (κ1) is 60.0. The second kappa shape index (κ2) is 29.8. The minimum absolute atomic E-state index is 0.121. The van der Waals surface area contributed by atoms with Crippen LogP contribution in [0.3, 0.4) is 0 Å². The molecule has 0 saturated heterocycles. The number of nitrogens with one attached hydrogen (secondary N) is 11. The zero-order chi connectivity index (χ0) is 53.5. The van der Waals surface area contributed by atoms with Crippen LogP contribution in [-0.4, -0.2) is 143 Å². The highest BCUT2D eigenvalue weighted by atomic mass is 16.2. The minimum Gasteiger partial charge on any atom is -0.368 e. The van der Waals surface area contributed by atoms with Gasteiger partial charge in [-0.1, -0.05) is 18.2 Å². The fourth-order valence-electron chi connectivity index (χ4n) is 6.89. The molecule has 0 radical (unpaired) electrons. The third kappa shape index (κ3) is 20.4. The van der Waals surface area contributed by atoms with E-state index in [1.165, 1.54) is 55.4 Å². The first-order chi connectivity index (χ1) is 33.4. The van der Waals surface area contributed by atoms with Crippen LogP contribution in [-0.2, 0) is 59.2 Å². The van der Waals surface area contributed by atoms with Crippen molar-refractivity contribution in [3.8, 4) is 0 Å². The number of fused-ring (bicyclic) bond motifs is 1. The quantitative estimate of drug-likeness (QED) is 0.0338. The monoisotopic (exact) mass is 999 g/mol. The molecule has 0 aliphatic rings. The Morgan fingerprint density at radius 3 is 1.17 bits per heavy atom. The molecule has 1 aromatic carbocycles. The Labute approximate surface area is 412 Å². The number of carbonyl (C=O) groups is 11. The van der Waals surface area contributed by atoms with E-state index in [1.807, 2.05) is 24.3 Å². The molecule has 71 heavy (non-hydrogen) atoms. The van der Waals surface area contributed by atoms with Crippen molar-refractivity contribution in [2.24, 2.45) is 17.2 Å². The first-order valence-corrected chi connectivity index (χ1v) is 23.6. The fraction of sp³-hybridized carbons (Fsp3) is 0.587. The number of rotatable bonds is 30. The summed E-state index contributed by atoms with van der Waals surface area (Å²) in [7, 11) is 0. The lowest BCUT2D eigenvalue weighted by atomic mass is 10.0. The molecule has 17 N–H and O–H groups in total. The normalized spacial score (nSPS) is 15.2. The van der Waals surface area contributed by atoms with Crippen LogP contribution >= 0.6 is 0 Å². The molecule has 2 aromatic rings. The van der Waals surface area contributed by atoms with Crippen molar-refractivity contribution in [3.05, 3.63) is 36.0 Å². The molecule has 25 nitrogen and oxygen atoms in total. The molecule has 11 amide bonds. The third-order valence-corrected chi connectivity index (χ3v) is 11.2. The Morgan fingerprint density at radius 1 is 0.451 bits per heavy atom. The maximum absolute atomic E-state index is 13.6. The van der Waals surface area contributed by atoms with Crippen molar-refractivity contribution in [1.82, 2.24) is 58.2 Å². The molecule has 0 bridgehead atoms. The molecule has 0 aliphatic carbocycles. The number of H-pyrrole nitrogens is 1. The number of benzene rings is 1. The van der Waals surface area contributed by atoms with E-state index in [0.29, 0.717) is 38.8 Å². The van der Waals surface area contributed by atoms with Crippen molar-refractivity contribution in [3.63, 3.8) is 0 Å². The second-order valence-electron chi connectivity index (χ2n) is 17.5. The summed E-state index contributed by atoms with van der Waals surface area (Å²) in [6, 6.07) is -3.95. The largest absolute Gasteiger partial charge is 0.368 e. The topological polar surface area (TPSA) is 402 Å². The predicted molar refractivity (Wildman–Crippen MR) is 262 cm³/mol. The fourth-order valence-corrected chi connectivity index (χ4v) is 6.89. The first-order valence-electron chi connectivity index (χ1n) is 23.6. The number of aromatic amines is 1. The number of primary amides is 1. The third-order valence-electron chi connectivity index (χ3n) is 11.2. The Hall–Kier alpha value is -7.15. The van der Waals surface area contributed by atoms with Crippen molar-refractivity contribution in [2.75, 3.05) is 13.1 Å². The maximum atomic E-state index is 13.6. The number of nitrogens with two attached hydrogens (primary N) is 3. The molecule has 0 unspecified atom stereocenters. The van der Waals surface area contributed by atoms with E-state index in [2.05, 4.69) is 58.2 Å². The van der Waals surface area contributed by atoms with E-state index in [4.69, 9.17) is 17.2 Å². The zero-order valence-corrected chi connectivity index (χ0v) is 41.7. The van der Waals surface area contributed by atoms with Gasteiger partial charge in [0.2, 0.25) is 65.0 Å². The summed E-state index contributed by atoms with van der Waals surface area (Å²) in [4.78, 5) is 144. The van der Waals surface area contributed by atoms with Gasteiger partial charge in [-0.15, -0.1) is 0 Å². The van der Waals surface area contributed by atoms with E-state index in [-0.39, 0.29) is 19.3 Å². The van der Waals surface area contributed by atoms with Crippen LogP contribution in [0.15, 0.2) is 30.5 Å². The lowest BCUT2D eigenvalue weighted by molar-refractivity contribution is -0.135. The second-order valence-corrected chi connectivity index (χ2v) is 17.5. The van der Waals surface area contributed by atoms with Crippen LogP contribution in [0.4, 0.5) is 0 Å². The molecule has 1 heterocycles. The molecule has 2 rings (SSSR count). The van der Waals surface area contributed by atoms with E-state index in [1.54, 1.807) is 6.20 Å². The van der Waals surface area contributed by atoms with E-state index >= 15 is 0 Å². The van der Waals surface area contributed by atoms with Crippen molar-refractivity contribution >= 4 is 75.9 Å². The molecule has 1 aromatic heterocycles. The van der Waals surface area contributed by atoms with Gasteiger partial charge in [0, 0.05) is 30.4 Å². The molecule has 0 aliphatic heterocycles. The van der Waals surface area contributed by atoms with Crippen LogP contribution in [0.25, 0.3) is 10.9 Å². The van der Waals surface area contributed by atoms with E-state index in [0.717, 1.165) is 16.5 Å². The van der Waals surface area contributed by atoms with Crippen LogP contribution in [0.5, 0.6) is 0 Å². The number of amides is 11. The van der Waals surface area contributed by atoms with Gasteiger partial charge in [-0.25, -0.2) is 0 Å². The number of para-hydroxylation sites is 1. The highest BCUT2D eigenvalue weighted by Gasteiger charge is 2.31. The van der Waals surface area contributed by atoms with Crippen LogP contribution in [0.2, 0.25) is 0 Å². The van der Waals surface area contributed by atoms with Gasteiger partial charge in [-0.3, -0.25) is 52.7 Å². The molecule has 0 fully saturated rings. The summed E-state index contributed by atoms with van der Waals surface area (Å²) in [6.45, 7) is 11.4. The SMILES string of the molecule is CC(=O)N[C@@H](Cc1c[nH]c2ccccc12)C(=O)N[C@@H](CCCCN)C(=O)N[C@@H](C)C(=O)N[C@@H](C)C(=O)N[C@@H](C)C(=O)N[C@@H](C)C(=O)N[C@@H](C)C(=O)N[C@@H](C)C(=O)N[C@@H](C)C(=O)N[C@@H](CCCCN)C(N)=O. The molecular formula is C46H74N14O11. The lowest BCUT2D eigenvalue weighted by Crippen LogP contribution is -2.59. The van der Waals surface area contributed by atoms with Crippen molar-refractivity contribution < 1.29 is 52.7 Å². The Morgan fingerprint density at radius 2 is 0.789 bits per heavy atom. The van der Waals surface area contributed by atoms with Gasteiger partial charge in [-0.05, 0) is 112 Å². The average molecular weight is 999 g/mol. The smallest absolute Gasteiger partial charge is 0.243 e. The number of hydrogen-bond donors (Lipinski definition) is 14. The van der Waals surface area contributed by atoms with Crippen LogP contribution < -0.4 is 70.4 Å². The van der Waals surface area contributed by atoms with Crippen molar-refractivity contribution in [1.29, 1.82) is 0 Å². The minimum atomic E-state index is -1.22. The average Bonchev–Trinajstić information content (AvgIpc) is 3.72. The van der Waals surface area contributed by atoms with Gasteiger partial charge in [0.25, 0.3) is 0 Å². The summed E-state index contributed by atoms with van der Waals surface area (Å²) in [5.74, 6) is -7.81. The highest BCUT2D eigenvalue weighted by Crippen LogP contribution is 2.19. The summed E-state index contributed by atoms with van der Waals surface area (Å²) in [5.41, 5.74) is 18.1. The summed E-state index contributed by atoms with van der Waals surface area (Å²) < 4.78 is 0. The molecular weight excluding hydrogens is 925 g/mol. The van der Waals surface area contributed by atoms with Gasteiger partial charge >= 0.3 is 0 Å². The van der Waals surface area contributed by atoms with Gasteiger partial charge < -0.3 is 75.4 Å². The maximum Gasteiger partial charge on any atom is 0.243 e. The van der Waals surface area contributed by atoms with Crippen LogP contribution in [0, 0.1) is 0 Å². The molecule has 0 saturated carbocycles. The Balaban J connectivity index is 1.89. The van der Waals surface area contributed by atoms with Gasteiger partial charge in [0.1, 0.15) is 60.4 Å². The lowest BCUT2D eigenvalue weighted by Gasteiger charge is -2.25. The highest BCUT2D eigenvalue weighted by molar-refractivity contribution is 5.98. The number of hydrogen-bond acceptors (Lipinski definition) is 13. The van der Waals surface area contributed by atoms with E-state index < -0.39 is 125 Å². The number of unbranched alkanes of at least 4 members (excludes halogenated alkanes) is 2. The number of carbonyl (C=O) groups excluding carboxylic acids is 11. The van der Waals surface area contributed by atoms with Gasteiger partial charge in [-0.2, -0.15) is 0 Å². The number of aromatic nitrogens is 1. The molecule has 25 heteroatoms.